The van der Waals surface area contributed by atoms with Crippen LogP contribution in [0.25, 0.3) is 10.8 Å². The van der Waals surface area contributed by atoms with Crippen molar-refractivity contribution in [2.45, 2.75) is 6.10 Å². The Morgan fingerprint density at radius 1 is 0.774 bits per heavy atom. The summed E-state index contributed by atoms with van der Waals surface area (Å²) in [7, 11) is 0. The number of halogens is 2. The van der Waals surface area contributed by atoms with E-state index in [1.807, 2.05) is 36.4 Å². The number of hydrogen-bond donors (Lipinski definition) is 1. The third kappa shape index (κ3) is 4.88. The Morgan fingerprint density at radius 2 is 1.42 bits per heavy atom. The number of ether oxygens (including phenoxy) is 1. The van der Waals surface area contributed by atoms with Crippen molar-refractivity contribution in [1.29, 1.82) is 0 Å². The molecule has 4 aromatic carbocycles. The molecule has 1 amide bonds. The standard InChI is InChI=1S/C25H17Cl2NO3/c26-18-13-19(27)15-20(14-18)28-24(29)23(17-8-2-1-3-9-17)31-25(30)22-12-6-10-16-7-4-5-11-21(16)22/h1-15,23H,(H,28,29)/t23-/m1/s1. The van der Waals surface area contributed by atoms with Crippen molar-refractivity contribution in [2.75, 3.05) is 5.32 Å². The Hall–Kier alpha value is -3.34. The number of fused-ring (bicyclic) bond motifs is 1. The Morgan fingerprint density at radius 3 is 2.16 bits per heavy atom. The summed E-state index contributed by atoms with van der Waals surface area (Å²) in [5.41, 5.74) is 1.34. The van der Waals surface area contributed by atoms with E-state index < -0.39 is 18.0 Å². The van der Waals surface area contributed by atoms with Crippen LogP contribution in [-0.4, -0.2) is 11.9 Å². The van der Waals surface area contributed by atoms with Gasteiger partial charge in [0.05, 0.1) is 5.56 Å². The van der Waals surface area contributed by atoms with E-state index in [1.54, 1.807) is 54.6 Å². The topological polar surface area (TPSA) is 55.4 Å². The third-order valence-corrected chi connectivity index (χ3v) is 5.14. The van der Waals surface area contributed by atoms with Gasteiger partial charge in [0.1, 0.15) is 0 Å². The van der Waals surface area contributed by atoms with Gasteiger partial charge in [-0.25, -0.2) is 4.79 Å². The summed E-state index contributed by atoms with van der Waals surface area (Å²) in [5, 5.41) is 5.16. The number of carbonyl (C=O) groups is 2. The van der Waals surface area contributed by atoms with Gasteiger partial charge in [-0.3, -0.25) is 4.79 Å². The highest BCUT2D eigenvalue weighted by atomic mass is 35.5. The van der Waals surface area contributed by atoms with Crippen LogP contribution >= 0.6 is 23.2 Å². The van der Waals surface area contributed by atoms with Gasteiger partial charge < -0.3 is 10.1 Å². The van der Waals surface area contributed by atoms with Crippen LogP contribution in [0.15, 0.2) is 91.0 Å². The van der Waals surface area contributed by atoms with E-state index in [0.29, 0.717) is 26.9 Å². The molecule has 4 rings (SSSR count). The highest BCUT2D eigenvalue weighted by Crippen LogP contribution is 2.27. The maximum absolute atomic E-state index is 13.1. The molecule has 0 spiro atoms. The van der Waals surface area contributed by atoms with E-state index in [1.165, 1.54) is 0 Å². The molecule has 0 bridgehead atoms. The fourth-order valence-corrected chi connectivity index (χ4v) is 3.83. The van der Waals surface area contributed by atoms with Crippen LogP contribution < -0.4 is 5.32 Å². The van der Waals surface area contributed by atoms with E-state index in [0.717, 1.165) is 10.8 Å². The van der Waals surface area contributed by atoms with E-state index >= 15 is 0 Å². The predicted octanol–water partition coefficient (Wildman–Crippen LogP) is 6.68. The highest BCUT2D eigenvalue weighted by Gasteiger charge is 2.26. The first kappa shape index (κ1) is 20.9. The lowest BCUT2D eigenvalue weighted by atomic mass is 10.0. The van der Waals surface area contributed by atoms with E-state index in [2.05, 4.69) is 5.32 Å². The predicted molar refractivity (Wildman–Crippen MR) is 124 cm³/mol. The molecule has 1 atom stereocenters. The third-order valence-electron chi connectivity index (χ3n) is 4.70. The fraction of sp³-hybridized carbons (Fsp3) is 0.0400. The van der Waals surface area contributed by atoms with Crippen LogP contribution in [0.3, 0.4) is 0 Å². The van der Waals surface area contributed by atoms with Crippen LogP contribution in [0.4, 0.5) is 5.69 Å². The minimum atomic E-state index is -1.16. The first-order valence-electron chi connectivity index (χ1n) is 9.52. The zero-order valence-electron chi connectivity index (χ0n) is 16.2. The molecule has 0 saturated heterocycles. The second-order valence-corrected chi connectivity index (χ2v) is 7.74. The second kappa shape index (κ2) is 9.21. The van der Waals surface area contributed by atoms with E-state index in [-0.39, 0.29) is 0 Å². The van der Waals surface area contributed by atoms with Gasteiger partial charge in [-0.15, -0.1) is 0 Å². The first-order valence-corrected chi connectivity index (χ1v) is 10.3. The van der Waals surface area contributed by atoms with Gasteiger partial charge in [0.15, 0.2) is 0 Å². The Balaban J connectivity index is 1.65. The van der Waals surface area contributed by atoms with Gasteiger partial charge in [-0.1, -0.05) is 89.9 Å². The molecule has 4 nitrogen and oxygen atoms in total. The number of rotatable bonds is 5. The molecule has 154 valence electrons. The fourth-order valence-electron chi connectivity index (χ4n) is 3.31. The van der Waals surface area contributed by atoms with Gasteiger partial charge in [0.2, 0.25) is 6.10 Å². The van der Waals surface area contributed by atoms with Crippen LogP contribution in [0.2, 0.25) is 10.0 Å². The lowest BCUT2D eigenvalue weighted by Crippen LogP contribution is -2.26. The lowest BCUT2D eigenvalue weighted by Gasteiger charge is -2.19. The highest BCUT2D eigenvalue weighted by molar-refractivity contribution is 6.35. The molecule has 31 heavy (non-hydrogen) atoms. The molecular weight excluding hydrogens is 433 g/mol. The minimum Gasteiger partial charge on any atom is -0.444 e. The second-order valence-electron chi connectivity index (χ2n) is 6.87. The average Bonchev–Trinajstić information content (AvgIpc) is 2.76. The molecule has 0 fully saturated rings. The Bertz CT molecular complexity index is 1230. The molecule has 4 aromatic rings. The molecule has 0 heterocycles. The van der Waals surface area contributed by atoms with Crippen molar-refractivity contribution in [2.24, 2.45) is 0 Å². The summed E-state index contributed by atoms with van der Waals surface area (Å²) >= 11 is 12.1. The van der Waals surface area contributed by atoms with Gasteiger partial charge in [0, 0.05) is 21.3 Å². The van der Waals surface area contributed by atoms with Crippen molar-refractivity contribution in [3.8, 4) is 0 Å². The maximum Gasteiger partial charge on any atom is 0.339 e. The minimum absolute atomic E-state index is 0.381. The molecular formula is C25H17Cl2NO3. The van der Waals surface area contributed by atoms with Crippen LogP contribution in [0, 0.1) is 0 Å². The summed E-state index contributed by atoms with van der Waals surface area (Å²) < 4.78 is 5.71. The molecule has 0 aromatic heterocycles. The summed E-state index contributed by atoms with van der Waals surface area (Å²) in [6.07, 6.45) is -1.16. The molecule has 0 aliphatic carbocycles. The van der Waals surface area contributed by atoms with Crippen molar-refractivity contribution in [1.82, 2.24) is 0 Å². The number of anilines is 1. The molecule has 0 aliphatic rings. The van der Waals surface area contributed by atoms with Gasteiger partial charge >= 0.3 is 5.97 Å². The zero-order chi connectivity index (χ0) is 21.8. The molecule has 1 N–H and O–H groups in total. The van der Waals surface area contributed by atoms with E-state index in [4.69, 9.17) is 27.9 Å². The van der Waals surface area contributed by atoms with E-state index in [9.17, 15) is 9.59 Å². The van der Waals surface area contributed by atoms with Crippen molar-refractivity contribution in [3.63, 3.8) is 0 Å². The van der Waals surface area contributed by atoms with Gasteiger partial charge in [0.25, 0.3) is 5.91 Å². The monoisotopic (exact) mass is 449 g/mol. The normalized spacial score (nSPS) is 11.7. The van der Waals surface area contributed by atoms with Crippen LogP contribution in [0.5, 0.6) is 0 Å². The van der Waals surface area contributed by atoms with Gasteiger partial charge in [-0.05, 0) is 35.0 Å². The Kier molecular flexibility index (Phi) is 6.21. The molecule has 0 saturated carbocycles. The lowest BCUT2D eigenvalue weighted by molar-refractivity contribution is -0.125. The number of nitrogens with one attached hydrogen (secondary N) is 1. The summed E-state index contributed by atoms with van der Waals surface area (Å²) in [5.74, 6) is -1.11. The smallest absolute Gasteiger partial charge is 0.339 e. The first-order chi connectivity index (χ1) is 15.0. The number of carbonyl (C=O) groups excluding carboxylic acids is 2. The number of amides is 1. The average molecular weight is 450 g/mol. The van der Waals surface area contributed by atoms with Crippen LogP contribution in [0.1, 0.15) is 22.0 Å². The molecule has 0 unspecified atom stereocenters. The Labute approximate surface area is 189 Å². The molecule has 0 radical (unpaired) electrons. The maximum atomic E-state index is 13.1. The quantitative estimate of drug-likeness (QED) is 0.345. The van der Waals surface area contributed by atoms with Crippen molar-refractivity contribution < 1.29 is 14.3 Å². The summed E-state index contributed by atoms with van der Waals surface area (Å²) in [6.45, 7) is 0. The molecule has 6 heteroatoms. The molecule has 0 aliphatic heterocycles. The largest absolute Gasteiger partial charge is 0.444 e. The number of hydrogen-bond acceptors (Lipinski definition) is 3. The van der Waals surface area contributed by atoms with Crippen molar-refractivity contribution >= 4 is 51.5 Å². The zero-order valence-corrected chi connectivity index (χ0v) is 17.7. The van der Waals surface area contributed by atoms with Crippen LogP contribution in [-0.2, 0) is 9.53 Å². The summed E-state index contributed by atoms with van der Waals surface area (Å²) in [6, 6.07) is 26.4. The summed E-state index contributed by atoms with van der Waals surface area (Å²) in [4.78, 5) is 26.2. The van der Waals surface area contributed by atoms with Gasteiger partial charge in [-0.2, -0.15) is 0 Å². The van der Waals surface area contributed by atoms with Crippen molar-refractivity contribution in [3.05, 3.63) is 112 Å². The number of benzene rings is 4. The number of esters is 1. The SMILES string of the molecule is O=C(O[C@@H](C(=O)Nc1cc(Cl)cc(Cl)c1)c1ccccc1)c1cccc2ccccc12.